The van der Waals surface area contributed by atoms with Gasteiger partial charge in [0.25, 0.3) is 15.9 Å². The second kappa shape index (κ2) is 9.81. The number of methoxy groups -OCH3 is 1. The van der Waals surface area contributed by atoms with Crippen molar-refractivity contribution < 1.29 is 31.9 Å². The zero-order valence-corrected chi connectivity index (χ0v) is 17.3. The van der Waals surface area contributed by atoms with Crippen molar-refractivity contribution in [3.63, 3.8) is 0 Å². The third-order valence-electron chi connectivity index (χ3n) is 4.14. The van der Waals surface area contributed by atoms with E-state index in [1.165, 1.54) is 49.8 Å². The zero-order valence-electron chi connectivity index (χ0n) is 16.5. The van der Waals surface area contributed by atoms with Crippen LogP contribution in [-0.2, 0) is 26.1 Å². The number of benzene rings is 2. The van der Waals surface area contributed by atoms with Gasteiger partial charge < -0.3 is 19.2 Å². The third kappa shape index (κ3) is 5.86. The number of nitrogens with one attached hydrogen (secondary N) is 2. The summed E-state index contributed by atoms with van der Waals surface area (Å²) >= 11 is 0. The Kier molecular flexibility index (Phi) is 6.93. The van der Waals surface area contributed by atoms with E-state index in [-0.39, 0.29) is 22.7 Å². The van der Waals surface area contributed by atoms with Crippen LogP contribution in [0.1, 0.15) is 16.1 Å². The number of amides is 1. The van der Waals surface area contributed by atoms with Crippen LogP contribution in [0.15, 0.2) is 76.2 Å². The van der Waals surface area contributed by atoms with Crippen LogP contribution < -0.4 is 14.8 Å². The van der Waals surface area contributed by atoms with Crippen LogP contribution in [-0.4, -0.2) is 34.0 Å². The van der Waals surface area contributed by atoms with Crippen molar-refractivity contribution in [1.29, 1.82) is 0 Å². The number of carbonyl (C=O) groups is 2. The van der Waals surface area contributed by atoms with Gasteiger partial charge in [-0.2, -0.15) is 0 Å². The SMILES string of the molecule is COc1ccc(S(=O)(=O)Nc2ccccc2C(=O)OCC(=O)NCc2ccco2)cc1. The van der Waals surface area contributed by atoms with Crippen molar-refractivity contribution in [2.24, 2.45) is 0 Å². The van der Waals surface area contributed by atoms with Crippen LogP contribution in [0.25, 0.3) is 0 Å². The molecule has 0 bridgehead atoms. The van der Waals surface area contributed by atoms with Gasteiger partial charge in [0.2, 0.25) is 0 Å². The lowest BCUT2D eigenvalue weighted by atomic mass is 10.2. The number of rotatable bonds is 9. The number of hydrogen-bond donors (Lipinski definition) is 2. The predicted octanol–water partition coefficient (Wildman–Crippen LogP) is 2.56. The summed E-state index contributed by atoms with van der Waals surface area (Å²) < 4.78 is 42.8. The van der Waals surface area contributed by atoms with E-state index in [0.29, 0.717) is 11.5 Å². The zero-order chi connectivity index (χ0) is 22.3. The van der Waals surface area contributed by atoms with Crippen molar-refractivity contribution >= 4 is 27.6 Å². The van der Waals surface area contributed by atoms with Crippen LogP contribution in [0.3, 0.4) is 0 Å². The minimum Gasteiger partial charge on any atom is -0.497 e. The van der Waals surface area contributed by atoms with Crippen molar-refractivity contribution in [2.45, 2.75) is 11.4 Å². The first-order valence-corrected chi connectivity index (χ1v) is 10.6. The number of anilines is 1. The fourth-order valence-corrected chi connectivity index (χ4v) is 3.65. The molecule has 1 amide bonds. The number of carbonyl (C=O) groups excluding carboxylic acids is 2. The average Bonchev–Trinajstić information content (AvgIpc) is 3.30. The maximum Gasteiger partial charge on any atom is 0.340 e. The Bertz CT molecular complexity index is 1140. The Balaban J connectivity index is 1.64. The third-order valence-corrected chi connectivity index (χ3v) is 5.52. The van der Waals surface area contributed by atoms with Gasteiger partial charge in [-0.1, -0.05) is 12.1 Å². The highest BCUT2D eigenvalue weighted by Crippen LogP contribution is 2.22. The molecule has 3 aromatic rings. The maximum atomic E-state index is 12.7. The number of esters is 1. The molecule has 0 atom stereocenters. The number of para-hydroxylation sites is 1. The summed E-state index contributed by atoms with van der Waals surface area (Å²) in [5.74, 6) is -0.312. The van der Waals surface area contributed by atoms with Crippen LogP contribution in [0.5, 0.6) is 5.75 Å². The van der Waals surface area contributed by atoms with Gasteiger partial charge >= 0.3 is 5.97 Å². The van der Waals surface area contributed by atoms with Gasteiger partial charge in [0.05, 0.1) is 36.1 Å². The summed E-state index contributed by atoms with van der Waals surface area (Å²) in [4.78, 5) is 24.3. The average molecular weight is 444 g/mol. The Morgan fingerprint density at radius 2 is 1.74 bits per heavy atom. The minimum atomic E-state index is -3.96. The van der Waals surface area contributed by atoms with E-state index in [1.807, 2.05) is 0 Å². The van der Waals surface area contributed by atoms with Crippen molar-refractivity contribution in [3.05, 3.63) is 78.3 Å². The highest BCUT2D eigenvalue weighted by atomic mass is 32.2. The van der Waals surface area contributed by atoms with Gasteiger partial charge in [0.1, 0.15) is 11.5 Å². The predicted molar refractivity (Wildman–Crippen MR) is 111 cm³/mol. The first-order chi connectivity index (χ1) is 14.9. The topological polar surface area (TPSA) is 124 Å². The molecule has 0 aliphatic heterocycles. The fraction of sp³-hybridized carbons (Fsp3) is 0.143. The van der Waals surface area contributed by atoms with Crippen LogP contribution >= 0.6 is 0 Å². The summed E-state index contributed by atoms with van der Waals surface area (Å²) in [5, 5.41) is 2.54. The smallest absolute Gasteiger partial charge is 0.340 e. The molecule has 9 nitrogen and oxygen atoms in total. The minimum absolute atomic E-state index is 0.00576. The summed E-state index contributed by atoms with van der Waals surface area (Å²) in [5.41, 5.74) is -0.00210. The molecule has 1 heterocycles. The number of hydrogen-bond acceptors (Lipinski definition) is 7. The van der Waals surface area contributed by atoms with E-state index in [1.54, 1.807) is 24.3 Å². The largest absolute Gasteiger partial charge is 0.497 e. The van der Waals surface area contributed by atoms with Gasteiger partial charge in [0, 0.05) is 0 Å². The Labute approximate surface area is 179 Å². The Hall–Kier alpha value is -3.79. The highest BCUT2D eigenvalue weighted by Gasteiger charge is 2.20. The molecule has 0 aliphatic rings. The molecular formula is C21H20N2O7S. The lowest BCUT2D eigenvalue weighted by Crippen LogP contribution is -2.28. The van der Waals surface area contributed by atoms with Crippen molar-refractivity contribution in [3.8, 4) is 5.75 Å². The molecule has 2 aromatic carbocycles. The summed E-state index contributed by atoms with van der Waals surface area (Å²) in [6.07, 6.45) is 1.48. The molecule has 162 valence electrons. The molecule has 0 unspecified atom stereocenters. The molecule has 0 saturated heterocycles. The normalized spacial score (nSPS) is 10.9. The summed E-state index contributed by atoms with van der Waals surface area (Å²) in [6, 6.07) is 15.1. The van der Waals surface area contributed by atoms with Crippen LogP contribution in [0.2, 0.25) is 0 Å². The molecule has 0 spiro atoms. The number of sulfonamides is 1. The van der Waals surface area contributed by atoms with Crippen LogP contribution in [0.4, 0.5) is 5.69 Å². The molecule has 0 fully saturated rings. The van der Waals surface area contributed by atoms with E-state index in [4.69, 9.17) is 13.9 Å². The molecule has 3 rings (SSSR count). The molecule has 0 radical (unpaired) electrons. The number of furan rings is 1. The van der Waals surface area contributed by atoms with Crippen molar-refractivity contribution in [1.82, 2.24) is 5.32 Å². The maximum absolute atomic E-state index is 12.7. The molecule has 0 aliphatic carbocycles. The van der Waals surface area contributed by atoms with E-state index < -0.39 is 28.5 Å². The Morgan fingerprint density at radius 3 is 2.42 bits per heavy atom. The summed E-state index contributed by atoms with van der Waals surface area (Å²) in [6.45, 7) is -0.374. The van der Waals surface area contributed by atoms with E-state index in [0.717, 1.165) is 0 Å². The van der Waals surface area contributed by atoms with Crippen molar-refractivity contribution in [2.75, 3.05) is 18.4 Å². The molecular weight excluding hydrogens is 424 g/mol. The van der Waals surface area contributed by atoms with E-state index in [9.17, 15) is 18.0 Å². The molecule has 2 N–H and O–H groups in total. The van der Waals surface area contributed by atoms with Gasteiger partial charge in [-0.05, 0) is 48.5 Å². The summed E-state index contributed by atoms with van der Waals surface area (Å²) in [7, 11) is -2.49. The molecule has 0 saturated carbocycles. The first-order valence-electron chi connectivity index (χ1n) is 9.11. The lowest BCUT2D eigenvalue weighted by molar-refractivity contribution is -0.124. The monoisotopic (exact) mass is 444 g/mol. The molecule has 10 heteroatoms. The van der Waals surface area contributed by atoms with Gasteiger partial charge in [-0.3, -0.25) is 9.52 Å². The quantitative estimate of drug-likeness (QED) is 0.486. The number of ether oxygens (including phenoxy) is 2. The Morgan fingerprint density at radius 1 is 1.00 bits per heavy atom. The van der Waals surface area contributed by atoms with Crippen LogP contribution in [0, 0.1) is 0 Å². The van der Waals surface area contributed by atoms with Gasteiger partial charge in [0.15, 0.2) is 6.61 Å². The van der Waals surface area contributed by atoms with Gasteiger partial charge in [-0.15, -0.1) is 0 Å². The van der Waals surface area contributed by atoms with E-state index in [2.05, 4.69) is 10.0 Å². The van der Waals surface area contributed by atoms with Gasteiger partial charge in [-0.25, -0.2) is 13.2 Å². The second-order valence-electron chi connectivity index (χ2n) is 6.26. The highest BCUT2D eigenvalue weighted by molar-refractivity contribution is 7.92. The second-order valence-corrected chi connectivity index (χ2v) is 7.94. The first kappa shape index (κ1) is 21.9. The molecule has 31 heavy (non-hydrogen) atoms. The van der Waals surface area contributed by atoms with E-state index >= 15 is 0 Å². The lowest BCUT2D eigenvalue weighted by Gasteiger charge is -2.12. The molecule has 1 aromatic heterocycles. The standard InChI is InChI=1S/C21H20N2O7S/c1-28-15-8-10-17(11-9-15)31(26,27)23-19-7-3-2-6-18(19)21(25)30-14-20(24)22-13-16-5-4-12-29-16/h2-12,23H,13-14H2,1H3,(H,22,24). The fourth-order valence-electron chi connectivity index (χ4n) is 2.57.